The highest BCUT2D eigenvalue weighted by Crippen LogP contribution is 2.50. The van der Waals surface area contributed by atoms with Crippen molar-refractivity contribution >= 4 is 18.0 Å². The summed E-state index contributed by atoms with van der Waals surface area (Å²) in [6.45, 7) is 0.769. The zero-order chi connectivity index (χ0) is 23.4. The molecule has 34 heavy (non-hydrogen) atoms. The van der Waals surface area contributed by atoms with Gasteiger partial charge >= 0.3 is 12.1 Å². The van der Waals surface area contributed by atoms with Gasteiger partial charge in [0.15, 0.2) is 0 Å². The SMILES string of the molecule is O=C(NC1C2CCC(C2)C1C(=O)N1CC(C(=O)O)C1)OCC1c2ccccc2-c2ccccc21. The minimum Gasteiger partial charge on any atom is -0.481 e. The lowest BCUT2D eigenvalue weighted by Crippen LogP contribution is -2.58. The van der Waals surface area contributed by atoms with Crippen LogP contribution in [0.5, 0.6) is 0 Å². The molecule has 7 heteroatoms. The molecule has 7 nitrogen and oxygen atoms in total. The summed E-state index contributed by atoms with van der Waals surface area (Å²) in [5.41, 5.74) is 4.69. The molecular formula is C27H28N2O5. The van der Waals surface area contributed by atoms with Crippen LogP contribution in [0.25, 0.3) is 11.1 Å². The van der Waals surface area contributed by atoms with E-state index >= 15 is 0 Å². The summed E-state index contributed by atoms with van der Waals surface area (Å²) in [7, 11) is 0. The second-order valence-electron chi connectivity index (χ2n) is 10.1. The van der Waals surface area contributed by atoms with Crippen LogP contribution in [0, 0.1) is 23.7 Å². The third-order valence-corrected chi connectivity index (χ3v) is 8.37. The van der Waals surface area contributed by atoms with Crippen molar-refractivity contribution in [1.82, 2.24) is 10.2 Å². The summed E-state index contributed by atoms with van der Waals surface area (Å²) in [5.74, 6) is -1.12. The summed E-state index contributed by atoms with van der Waals surface area (Å²) in [4.78, 5) is 38.8. The van der Waals surface area contributed by atoms with Crippen molar-refractivity contribution in [3.05, 3.63) is 59.7 Å². The Bertz CT molecular complexity index is 1110. The normalized spacial score (nSPS) is 27.1. The number of carbonyl (C=O) groups is 3. The maximum atomic E-state index is 13.2. The third kappa shape index (κ3) is 3.37. The van der Waals surface area contributed by atoms with Crippen LogP contribution in [-0.2, 0) is 14.3 Å². The monoisotopic (exact) mass is 460 g/mol. The highest BCUT2D eigenvalue weighted by atomic mass is 16.5. The molecule has 6 rings (SSSR count). The zero-order valence-corrected chi connectivity index (χ0v) is 18.9. The number of rotatable bonds is 5. The van der Waals surface area contributed by atoms with Crippen LogP contribution < -0.4 is 5.32 Å². The first-order valence-corrected chi connectivity index (χ1v) is 12.1. The Balaban J connectivity index is 1.12. The van der Waals surface area contributed by atoms with Gasteiger partial charge in [0.05, 0.1) is 11.8 Å². The minimum atomic E-state index is -0.856. The first-order chi connectivity index (χ1) is 16.5. The molecule has 2 amide bonds. The number of carboxylic acids is 1. The lowest BCUT2D eigenvalue weighted by atomic mass is 9.82. The van der Waals surface area contributed by atoms with Crippen LogP contribution in [0.15, 0.2) is 48.5 Å². The number of alkyl carbamates (subject to hydrolysis) is 1. The lowest BCUT2D eigenvalue weighted by Gasteiger charge is -2.41. The first-order valence-electron chi connectivity index (χ1n) is 12.1. The standard InChI is InChI=1S/C27H28N2O5/c30-25(29-12-17(13-29)26(31)32)23-15-9-10-16(11-15)24(23)28-27(33)34-14-22-20-7-3-1-5-18(20)19-6-2-4-8-21(19)22/h1-8,15-17,22-24H,9-14H2,(H,28,33)(H,31,32). The van der Waals surface area contributed by atoms with E-state index in [-0.39, 0.29) is 55.3 Å². The topological polar surface area (TPSA) is 95.9 Å². The molecule has 1 heterocycles. The molecule has 0 spiro atoms. The molecule has 176 valence electrons. The van der Waals surface area contributed by atoms with Crippen molar-refractivity contribution in [2.24, 2.45) is 23.7 Å². The van der Waals surface area contributed by atoms with Gasteiger partial charge in [-0.25, -0.2) is 4.79 Å². The molecule has 0 radical (unpaired) electrons. The van der Waals surface area contributed by atoms with E-state index in [4.69, 9.17) is 9.84 Å². The van der Waals surface area contributed by atoms with Gasteiger partial charge < -0.3 is 20.1 Å². The molecule has 0 aromatic heterocycles. The van der Waals surface area contributed by atoms with Crippen molar-refractivity contribution in [2.75, 3.05) is 19.7 Å². The third-order valence-electron chi connectivity index (χ3n) is 8.37. The molecule has 2 N–H and O–H groups in total. The maximum Gasteiger partial charge on any atom is 0.407 e. The van der Waals surface area contributed by atoms with Gasteiger partial charge in [0.1, 0.15) is 6.61 Å². The quantitative estimate of drug-likeness (QED) is 0.712. The van der Waals surface area contributed by atoms with E-state index in [1.54, 1.807) is 4.90 Å². The van der Waals surface area contributed by atoms with Crippen LogP contribution in [0.1, 0.15) is 36.3 Å². The van der Waals surface area contributed by atoms with Crippen molar-refractivity contribution in [1.29, 1.82) is 0 Å². The van der Waals surface area contributed by atoms with E-state index in [0.29, 0.717) is 0 Å². The highest BCUT2D eigenvalue weighted by molar-refractivity contribution is 5.85. The fraction of sp³-hybridized carbons (Fsp3) is 0.444. The summed E-state index contributed by atoms with van der Waals surface area (Å²) in [6, 6.07) is 16.2. The van der Waals surface area contributed by atoms with Gasteiger partial charge in [0, 0.05) is 25.0 Å². The van der Waals surface area contributed by atoms with Crippen molar-refractivity contribution < 1.29 is 24.2 Å². The Kier molecular flexibility index (Phi) is 5.08. The summed E-state index contributed by atoms with van der Waals surface area (Å²) < 4.78 is 5.73. The Morgan fingerprint density at radius 2 is 1.56 bits per heavy atom. The zero-order valence-electron chi connectivity index (χ0n) is 18.9. The molecule has 4 atom stereocenters. The van der Waals surface area contributed by atoms with E-state index in [1.165, 1.54) is 11.1 Å². The predicted octanol–water partition coefficient (Wildman–Crippen LogP) is 3.48. The second kappa shape index (κ2) is 8.15. The second-order valence-corrected chi connectivity index (χ2v) is 10.1. The molecule has 1 aliphatic heterocycles. The van der Waals surface area contributed by atoms with Crippen LogP contribution in [0.2, 0.25) is 0 Å². The lowest BCUT2D eigenvalue weighted by molar-refractivity contribution is -0.155. The number of carboxylic acid groups (broad SMARTS) is 1. The fourth-order valence-electron chi connectivity index (χ4n) is 6.66. The number of nitrogens with zero attached hydrogens (tertiary/aromatic N) is 1. The first kappa shape index (κ1) is 21.2. The Labute approximate surface area is 198 Å². The fourth-order valence-corrected chi connectivity index (χ4v) is 6.66. The van der Waals surface area contributed by atoms with Crippen LogP contribution in [-0.4, -0.2) is 53.7 Å². The predicted molar refractivity (Wildman–Crippen MR) is 124 cm³/mol. The summed E-state index contributed by atoms with van der Waals surface area (Å²) in [6.07, 6.45) is 2.44. The molecule has 3 aliphatic carbocycles. The molecule has 2 saturated carbocycles. The van der Waals surface area contributed by atoms with Crippen LogP contribution in [0.3, 0.4) is 0 Å². The number of hydrogen-bond acceptors (Lipinski definition) is 4. The number of benzene rings is 2. The largest absolute Gasteiger partial charge is 0.481 e. The Morgan fingerprint density at radius 1 is 0.941 bits per heavy atom. The van der Waals surface area contributed by atoms with Gasteiger partial charge in [0.25, 0.3) is 0 Å². The van der Waals surface area contributed by atoms with Gasteiger partial charge in [-0.05, 0) is 53.4 Å². The van der Waals surface area contributed by atoms with Crippen molar-refractivity contribution in [2.45, 2.75) is 31.2 Å². The Morgan fingerprint density at radius 3 is 2.21 bits per heavy atom. The van der Waals surface area contributed by atoms with Gasteiger partial charge in [-0.1, -0.05) is 48.5 Å². The van der Waals surface area contributed by atoms with Gasteiger partial charge in [-0.3, -0.25) is 9.59 Å². The smallest absolute Gasteiger partial charge is 0.407 e. The molecule has 2 aromatic carbocycles. The highest BCUT2D eigenvalue weighted by Gasteiger charge is 2.54. The molecule has 4 aliphatic rings. The Hall–Kier alpha value is -3.35. The summed E-state index contributed by atoms with van der Waals surface area (Å²) in [5, 5.41) is 12.2. The van der Waals surface area contributed by atoms with E-state index in [9.17, 15) is 14.4 Å². The number of likely N-dealkylation sites (tertiary alicyclic amines) is 1. The number of fused-ring (bicyclic) bond motifs is 5. The average Bonchev–Trinajstić information content (AvgIpc) is 3.48. The van der Waals surface area contributed by atoms with Gasteiger partial charge in [0.2, 0.25) is 5.91 Å². The van der Waals surface area contributed by atoms with E-state index in [1.807, 2.05) is 24.3 Å². The number of hydrogen-bond donors (Lipinski definition) is 2. The number of aliphatic carboxylic acids is 1. The van der Waals surface area contributed by atoms with E-state index < -0.39 is 18.0 Å². The molecular weight excluding hydrogens is 432 g/mol. The molecule has 3 fully saturated rings. The van der Waals surface area contributed by atoms with Crippen molar-refractivity contribution in [3.8, 4) is 11.1 Å². The number of amides is 2. The molecule has 4 unspecified atom stereocenters. The molecule has 1 saturated heterocycles. The molecule has 2 aromatic rings. The van der Waals surface area contributed by atoms with Gasteiger partial charge in [-0.15, -0.1) is 0 Å². The average molecular weight is 461 g/mol. The van der Waals surface area contributed by atoms with Crippen LogP contribution >= 0.6 is 0 Å². The molecule has 2 bridgehead atoms. The van der Waals surface area contributed by atoms with Crippen molar-refractivity contribution in [3.63, 3.8) is 0 Å². The minimum absolute atomic E-state index is 0.00959. The number of nitrogens with one attached hydrogen (secondary N) is 1. The number of carbonyl (C=O) groups excluding carboxylic acids is 2. The van der Waals surface area contributed by atoms with Gasteiger partial charge in [-0.2, -0.15) is 0 Å². The van der Waals surface area contributed by atoms with E-state index in [2.05, 4.69) is 29.6 Å². The van der Waals surface area contributed by atoms with E-state index in [0.717, 1.165) is 30.4 Å². The number of ether oxygens (including phenoxy) is 1. The maximum absolute atomic E-state index is 13.2. The van der Waals surface area contributed by atoms with Crippen LogP contribution in [0.4, 0.5) is 4.79 Å². The summed E-state index contributed by atoms with van der Waals surface area (Å²) >= 11 is 0.